The first-order valence-electron chi connectivity index (χ1n) is 9.14. The van der Waals surface area contributed by atoms with Crippen LogP contribution in [-0.4, -0.2) is 31.6 Å². The Kier molecular flexibility index (Phi) is 8.32. The summed E-state index contributed by atoms with van der Waals surface area (Å²) in [7, 11) is 0. The normalized spacial score (nSPS) is 10.3. The minimum Gasteiger partial charge on any atom is -0.491 e. The molecule has 144 valence electrons. The van der Waals surface area contributed by atoms with Crippen molar-refractivity contribution in [3.05, 3.63) is 54.1 Å². The highest BCUT2D eigenvalue weighted by Crippen LogP contribution is 2.18. The van der Waals surface area contributed by atoms with Crippen LogP contribution in [0.25, 0.3) is 0 Å². The summed E-state index contributed by atoms with van der Waals surface area (Å²) in [5, 5.41) is 5.65. The number of anilines is 2. The topological polar surface area (TPSA) is 76.7 Å². The number of hydrogen-bond acceptors (Lipinski definition) is 4. The Balaban J connectivity index is 1.97. The molecule has 0 saturated heterocycles. The number of carbonyl (C=O) groups excluding carboxylic acids is 2. The number of carbonyl (C=O) groups is 2. The first-order valence-corrected chi connectivity index (χ1v) is 9.14. The minimum atomic E-state index is -0.248. The standard InChI is InChI=1S/C21H26N2O4/c1-3-7-20(24)22-17-9-6-10-18(15-17)23-21(25)16-8-5-11-19(14-16)27-13-12-26-4-2/h5-6,8-11,14-15H,3-4,7,12-13H2,1-2H3,(H,22,24)(H,23,25). The van der Waals surface area contributed by atoms with Crippen molar-refractivity contribution in [3.8, 4) is 5.75 Å². The molecule has 0 unspecified atom stereocenters. The van der Waals surface area contributed by atoms with Crippen LogP contribution in [0.15, 0.2) is 48.5 Å². The van der Waals surface area contributed by atoms with E-state index in [1.165, 1.54) is 0 Å². The predicted octanol–water partition coefficient (Wildman–Crippen LogP) is 4.09. The second kappa shape index (κ2) is 11.0. The van der Waals surface area contributed by atoms with E-state index in [0.29, 0.717) is 48.9 Å². The van der Waals surface area contributed by atoms with E-state index < -0.39 is 0 Å². The van der Waals surface area contributed by atoms with Gasteiger partial charge < -0.3 is 20.1 Å². The molecule has 0 aliphatic carbocycles. The van der Waals surface area contributed by atoms with E-state index in [9.17, 15) is 9.59 Å². The molecular formula is C21H26N2O4. The molecule has 0 saturated carbocycles. The molecule has 2 aromatic rings. The van der Waals surface area contributed by atoms with E-state index in [1.54, 1.807) is 48.5 Å². The fourth-order valence-corrected chi connectivity index (χ4v) is 2.42. The molecule has 6 nitrogen and oxygen atoms in total. The van der Waals surface area contributed by atoms with Crippen LogP contribution in [0.3, 0.4) is 0 Å². The van der Waals surface area contributed by atoms with Gasteiger partial charge in [0.15, 0.2) is 0 Å². The number of nitrogens with one attached hydrogen (secondary N) is 2. The summed E-state index contributed by atoms with van der Waals surface area (Å²) >= 11 is 0. The third-order valence-electron chi connectivity index (χ3n) is 3.68. The highest BCUT2D eigenvalue weighted by atomic mass is 16.5. The molecule has 2 rings (SSSR count). The molecule has 0 aliphatic rings. The summed E-state index contributed by atoms with van der Waals surface area (Å²) in [5.41, 5.74) is 1.75. The van der Waals surface area contributed by atoms with Crippen molar-refractivity contribution in [2.24, 2.45) is 0 Å². The number of ether oxygens (including phenoxy) is 2. The molecule has 0 aromatic heterocycles. The molecule has 0 spiro atoms. The first kappa shape index (κ1) is 20.5. The summed E-state index contributed by atoms with van der Waals surface area (Å²) < 4.78 is 10.8. The molecule has 0 bridgehead atoms. The SMILES string of the molecule is CCCC(=O)Nc1cccc(NC(=O)c2cccc(OCCOCC)c2)c1. The largest absolute Gasteiger partial charge is 0.491 e. The lowest BCUT2D eigenvalue weighted by molar-refractivity contribution is -0.116. The van der Waals surface area contributed by atoms with Crippen molar-refractivity contribution in [1.29, 1.82) is 0 Å². The van der Waals surface area contributed by atoms with Crippen LogP contribution in [0.1, 0.15) is 37.0 Å². The van der Waals surface area contributed by atoms with Crippen molar-refractivity contribution in [3.63, 3.8) is 0 Å². The van der Waals surface area contributed by atoms with Gasteiger partial charge in [0, 0.05) is 30.0 Å². The monoisotopic (exact) mass is 370 g/mol. The van der Waals surface area contributed by atoms with Gasteiger partial charge in [-0.05, 0) is 49.7 Å². The van der Waals surface area contributed by atoms with Gasteiger partial charge in [-0.15, -0.1) is 0 Å². The minimum absolute atomic E-state index is 0.0436. The molecule has 2 aromatic carbocycles. The fraction of sp³-hybridized carbons (Fsp3) is 0.333. The predicted molar refractivity (Wildman–Crippen MR) is 106 cm³/mol. The van der Waals surface area contributed by atoms with E-state index in [-0.39, 0.29) is 11.8 Å². The molecule has 0 fully saturated rings. The quantitative estimate of drug-likeness (QED) is 0.618. The lowest BCUT2D eigenvalue weighted by Crippen LogP contribution is -2.14. The number of hydrogen-bond donors (Lipinski definition) is 2. The molecule has 2 amide bonds. The molecule has 0 heterocycles. The average Bonchev–Trinajstić information content (AvgIpc) is 2.66. The number of rotatable bonds is 10. The van der Waals surface area contributed by atoms with Gasteiger partial charge in [-0.1, -0.05) is 19.1 Å². The highest BCUT2D eigenvalue weighted by molar-refractivity contribution is 6.05. The molecule has 6 heteroatoms. The van der Waals surface area contributed by atoms with Gasteiger partial charge in [0.1, 0.15) is 12.4 Å². The van der Waals surface area contributed by atoms with Crippen molar-refractivity contribution < 1.29 is 19.1 Å². The van der Waals surface area contributed by atoms with E-state index in [2.05, 4.69) is 10.6 Å². The van der Waals surface area contributed by atoms with Crippen LogP contribution >= 0.6 is 0 Å². The van der Waals surface area contributed by atoms with Gasteiger partial charge in [-0.2, -0.15) is 0 Å². The Morgan fingerprint density at radius 3 is 2.41 bits per heavy atom. The maximum absolute atomic E-state index is 12.5. The summed E-state index contributed by atoms with van der Waals surface area (Å²) in [6.45, 7) is 5.45. The second-order valence-electron chi connectivity index (χ2n) is 5.91. The molecule has 27 heavy (non-hydrogen) atoms. The van der Waals surface area contributed by atoms with Crippen LogP contribution in [0, 0.1) is 0 Å². The Morgan fingerprint density at radius 2 is 1.67 bits per heavy atom. The zero-order valence-corrected chi connectivity index (χ0v) is 15.8. The van der Waals surface area contributed by atoms with Crippen LogP contribution in [0.5, 0.6) is 5.75 Å². The Labute approximate surface area is 159 Å². The van der Waals surface area contributed by atoms with Crippen LogP contribution in [-0.2, 0) is 9.53 Å². The maximum atomic E-state index is 12.5. The van der Waals surface area contributed by atoms with Gasteiger partial charge in [0.2, 0.25) is 5.91 Å². The smallest absolute Gasteiger partial charge is 0.255 e. The highest BCUT2D eigenvalue weighted by Gasteiger charge is 2.08. The number of amides is 2. The summed E-state index contributed by atoms with van der Waals surface area (Å²) in [6.07, 6.45) is 1.25. The van der Waals surface area contributed by atoms with E-state index in [0.717, 1.165) is 6.42 Å². The molecule has 2 N–H and O–H groups in total. The average molecular weight is 370 g/mol. The Morgan fingerprint density at radius 1 is 0.926 bits per heavy atom. The van der Waals surface area contributed by atoms with Gasteiger partial charge in [0.05, 0.1) is 6.61 Å². The lowest BCUT2D eigenvalue weighted by Gasteiger charge is -2.10. The van der Waals surface area contributed by atoms with E-state index in [4.69, 9.17) is 9.47 Å². The van der Waals surface area contributed by atoms with Crippen molar-refractivity contribution >= 4 is 23.2 Å². The van der Waals surface area contributed by atoms with Gasteiger partial charge in [-0.3, -0.25) is 9.59 Å². The van der Waals surface area contributed by atoms with Gasteiger partial charge >= 0.3 is 0 Å². The number of benzene rings is 2. The first-order chi connectivity index (χ1) is 13.1. The summed E-state index contributed by atoms with van der Waals surface area (Å²) in [6, 6.07) is 14.1. The summed E-state index contributed by atoms with van der Waals surface area (Å²) in [4.78, 5) is 24.2. The molecular weight excluding hydrogens is 344 g/mol. The van der Waals surface area contributed by atoms with E-state index in [1.807, 2.05) is 13.8 Å². The lowest BCUT2D eigenvalue weighted by atomic mass is 10.2. The zero-order valence-electron chi connectivity index (χ0n) is 15.8. The summed E-state index contributed by atoms with van der Waals surface area (Å²) in [5.74, 6) is 0.322. The van der Waals surface area contributed by atoms with Crippen LogP contribution < -0.4 is 15.4 Å². The second-order valence-corrected chi connectivity index (χ2v) is 5.91. The molecule has 0 radical (unpaired) electrons. The third-order valence-corrected chi connectivity index (χ3v) is 3.68. The van der Waals surface area contributed by atoms with Gasteiger partial charge in [0.25, 0.3) is 5.91 Å². The maximum Gasteiger partial charge on any atom is 0.255 e. The molecule has 0 aliphatic heterocycles. The molecule has 0 atom stereocenters. The van der Waals surface area contributed by atoms with E-state index >= 15 is 0 Å². The third kappa shape index (κ3) is 7.11. The van der Waals surface area contributed by atoms with Crippen LogP contribution in [0.4, 0.5) is 11.4 Å². The van der Waals surface area contributed by atoms with Crippen molar-refractivity contribution in [1.82, 2.24) is 0 Å². The zero-order chi connectivity index (χ0) is 19.5. The fourth-order valence-electron chi connectivity index (χ4n) is 2.42. The van der Waals surface area contributed by atoms with Crippen molar-refractivity contribution in [2.45, 2.75) is 26.7 Å². The Hall–Kier alpha value is -2.86. The van der Waals surface area contributed by atoms with Crippen LogP contribution in [0.2, 0.25) is 0 Å². The van der Waals surface area contributed by atoms with Gasteiger partial charge in [-0.25, -0.2) is 0 Å². The Bertz CT molecular complexity index is 761. The van der Waals surface area contributed by atoms with Crippen molar-refractivity contribution in [2.75, 3.05) is 30.5 Å².